The van der Waals surface area contributed by atoms with E-state index >= 15 is 0 Å². The molecule has 0 atom stereocenters. The Hall–Kier alpha value is -2.47. The number of thiazole rings is 1. The molecule has 0 aliphatic carbocycles. The highest BCUT2D eigenvalue weighted by Gasteiger charge is 2.14. The summed E-state index contributed by atoms with van der Waals surface area (Å²) >= 11 is 1.42. The summed E-state index contributed by atoms with van der Waals surface area (Å²) in [5.74, 6) is -0.408. The molecule has 3 rings (SSSR count). The maximum absolute atomic E-state index is 12.3. The van der Waals surface area contributed by atoms with E-state index in [1.54, 1.807) is 6.20 Å². The van der Waals surface area contributed by atoms with E-state index in [0.29, 0.717) is 11.5 Å². The highest BCUT2D eigenvalue weighted by molar-refractivity contribution is 7.16. The summed E-state index contributed by atoms with van der Waals surface area (Å²) in [6.45, 7) is 2.28. The minimum Gasteiger partial charge on any atom is -0.348 e. The van der Waals surface area contributed by atoms with Gasteiger partial charge in [-0.15, -0.1) is 11.3 Å². The number of nitrogens with zero attached hydrogens (tertiary/aromatic N) is 2. The zero-order valence-corrected chi connectivity index (χ0v) is 12.2. The number of hydrogen-bond donors (Lipinski definition) is 1. The molecule has 5 nitrogen and oxygen atoms in total. The van der Waals surface area contributed by atoms with Gasteiger partial charge in [-0.2, -0.15) is 0 Å². The van der Waals surface area contributed by atoms with Gasteiger partial charge < -0.3 is 5.32 Å². The van der Waals surface area contributed by atoms with Crippen LogP contribution in [0.1, 0.15) is 20.8 Å². The predicted octanol–water partition coefficient (Wildman–Crippen LogP) is 1.99. The number of aromatic nitrogens is 2. The number of carbonyl (C=O) groups is 1. The molecule has 0 saturated heterocycles. The topological polar surface area (TPSA) is 63.5 Å². The number of amides is 1. The Bertz CT molecular complexity index is 852. The summed E-state index contributed by atoms with van der Waals surface area (Å²) in [6, 6.07) is 9.54. The van der Waals surface area contributed by atoms with E-state index in [1.807, 2.05) is 37.3 Å². The second-order valence-corrected chi connectivity index (χ2v) is 5.85. The lowest BCUT2D eigenvalue weighted by molar-refractivity contribution is 0.0949. The Kier molecular flexibility index (Phi) is 3.53. The monoisotopic (exact) mass is 299 g/mol. The summed E-state index contributed by atoms with van der Waals surface area (Å²) in [4.78, 5) is 30.1. The lowest BCUT2D eigenvalue weighted by Gasteiger charge is -2.04. The van der Waals surface area contributed by atoms with Crippen LogP contribution in [0.2, 0.25) is 0 Å². The molecular weight excluding hydrogens is 286 g/mol. The number of rotatable bonds is 3. The van der Waals surface area contributed by atoms with Crippen LogP contribution in [0.25, 0.3) is 4.96 Å². The normalized spacial score (nSPS) is 10.7. The summed E-state index contributed by atoms with van der Waals surface area (Å²) in [5.41, 5.74) is 0.697. The first-order valence-corrected chi connectivity index (χ1v) is 7.27. The number of nitrogens with one attached hydrogen (secondary N) is 1. The van der Waals surface area contributed by atoms with Gasteiger partial charge in [0.1, 0.15) is 5.56 Å². The van der Waals surface area contributed by atoms with Gasteiger partial charge in [0.2, 0.25) is 0 Å². The van der Waals surface area contributed by atoms with Crippen LogP contribution in [0.5, 0.6) is 0 Å². The van der Waals surface area contributed by atoms with Crippen molar-refractivity contribution in [1.29, 1.82) is 0 Å². The van der Waals surface area contributed by atoms with E-state index < -0.39 is 5.91 Å². The van der Waals surface area contributed by atoms with Gasteiger partial charge in [0.05, 0.1) is 0 Å². The SMILES string of the molecule is Cc1cn2c(=O)c(C(=O)NCc3ccccc3)cnc2s1. The fraction of sp³-hybridized carbons (Fsp3) is 0.133. The maximum Gasteiger partial charge on any atom is 0.271 e. The molecule has 0 fully saturated rings. The number of aryl methyl sites for hydroxylation is 1. The van der Waals surface area contributed by atoms with Crippen LogP contribution in [0, 0.1) is 6.92 Å². The van der Waals surface area contributed by atoms with E-state index in [4.69, 9.17) is 0 Å². The van der Waals surface area contributed by atoms with Gasteiger partial charge in [0.15, 0.2) is 4.96 Å². The third-order valence-electron chi connectivity index (χ3n) is 3.06. The quantitative estimate of drug-likeness (QED) is 0.804. The van der Waals surface area contributed by atoms with Gasteiger partial charge in [0.25, 0.3) is 11.5 Å². The van der Waals surface area contributed by atoms with E-state index in [0.717, 1.165) is 10.4 Å². The Balaban J connectivity index is 1.85. The van der Waals surface area contributed by atoms with Crippen molar-refractivity contribution in [3.63, 3.8) is 0 Å². The van der Waals surface area contributed by atoms with Crippen molar-refractivity contribution in [3.05, 3.63) is 69.1 Å². The van der Waals surface area contributed by atoms with Crippen molar-refractivity contribution in [2.24, 2.45) is 0 Å². The summed E-state index contributed by atoms with van der Waals surface area (Å²) in [5, 5.41) is 2.74. The van der Waals surface area contributed by atoms with Gasteiger partial charge in [-0.1, -0.05) is 30.3 Å². The molecule has 0 bridgehead atoms. The average molecular weight is 299 g/mol. The zero-order chi connectivity index (χ0) is 14.8. The Morgan fingerprint density at radius 3 is 2.86 bits per heavy atom. The van der Waals surface area contributed by atoms with E-state index in [-0.39, 0.29) is 11.1 Å². The molecule has 0 aliphatic rings. The van der Waals surface area contributed by atoms with Crippen LogP contribution in [-0.2, 0) is 6.54 Å². The van der Waals surface area contributed by atoms with Crippen molar-refractivity contribution < 1.29 is 4.79 Å². The summed E-state index contributed by atoms with van der Waals surface area (Å²) in [7, 11) is 0. The molecule has 1 N–H and O–H groups in total. The van der Waals surface area contributed by atoms with Crippen LogP contribution in [-0.4, -0.2) is 15.3 Å². The van der Waals surface area contributed by atoms with Crippen molar-refractivity contribution in [3.8, 4) is 0 Å². The fourth-order valence-electron chi connectivity index (χ4n) is 2.02. The first kappa shape index (κ1) is 13.5. The van der Waals surface area contributed by atoms with Gasteiger partial charge in [-0.3, -0.25) is 14.0 Å². The second-order valence-electron chi connectivity index (χ2n) is 4.64. The molecule has 106 valence electrons. The second kappa shape index (κ2) is 5.49. The van der Waals surface area contributed by atoms with Gasteiger partial charge in [-0.05, 0) is 12.5 Å². The molecule has 1 amide bonds. The average Bonchev–Trinajstić information content (AvgIpc) is 2.88. The van der Waals surface area contributed by atoms with Crippen LogP contribution in [0.3, 0.4) is 0 Å². The minimum absolute atomic E-state index is 0.0567. The smallest absolute Gasteiger partial charge is 0.271 e. The van der Waals surface area contributed by atoms with Gasteiger partial charge in [-0.25, -0.2) is 4.98 Å². The Morgan fingerprint density at radius 2 is 2.10 bits per heavy atom. The molecule has 0 radical (unpaired) electrons. The van der Waals surface area contributed by atoms with E-state index in [2.05, 4.69) is 10.3 Å². The molecule has 0 spiro atoms. The molecule has 2 aromatic heterocycles. The molecule has 0 aliphatic heterocycles. The summed E-state index contributed by atoms with van der Waals surface area (Å²) in [6.07, 6.45) is 3.04. The largest absolute Gasteiger partial charge is 0.348 e. The van der Waals surface area contributed by atoms with Crippen LogP contribution < -0.4 is 10.9 Å². The molecule has 0 saturated carbocycles. The molecule has 1 aromatic carbocycles. The third-order valence-corrected chi connectivity index (χ3v) is 3.98. The van der Waals surface area contributed by atoms with Crippen molar-refractivity contribution >= 4 is 22.2 Å². The standard InChI is InChI=1S/C15H13N3O2S/c1-10-9-18-14(20)12(8-17-15(18)21-10)13(19)16-7-11-5-3-2-4-6-11/h2-6,8-9H,7H2,1H3,(H,16,19). The van der Waals surface area contributed by atoms with Gasteiger partial charge in [0, 0.05) is 23.8 Å². The zero-order valence-electron chi connectivity index (χ0n) is 11.4. The third kappa shape index (κ3) is 2.71. The Morgan fingerprint density at radius 1 is 1.33 bits per heavy atom. The molecule has 6 heteroatoms. The number of fused-ring (bicyclic) bond motifs is 1. The van der Waals surface area contributed by atoms with Crippen LogP contribution in [0.15, 0.2) is 47.5 Å². The first-order chi connectivity index (χ1) is 10.1. The van der Waals surface area contributed by atoms with E-state index in [1.165, 1.54) is 21.9 Å². The van der Waals surface area contributed by atoms with Crippen molar-refractivity contribution in [2.45, 2.75) is 13.5 Å². The van der Waals surface area contributed by atoms with Crippen LogP contribution in [0.4, 0.5) is 0 Å². The Labute approximate surface area is 124 Å². The lowest BCUT2D eigenvalue weighted by atomic mass is 10.2. The van der Waals surface area contributed by atoms with Crippen LogP contribution >= 0.6 is 11.3 Å². The fourth-order valence-corrected chi connectivity index (χ4v) is 2.81. The highest BCUT2D eigenvalue weighted by Crippen LogP contribution is 2.12. The maximum atomic E-state index is 12.3. The van der Waals surface area contributed by atoms with E-state index in [9.17, 15) is 9.59 Å². The minimum atomic E-state index is -0.408. The molecule has 21 heavy (non-hydrogen) atoms. The molecule has 3 aromatic rings. The number of carbonyl (C=O) groups excluding carboxylic acids is 1. The van der Waals surface area contributed by atoms with Crippen molar-refractivity contribution in [1.82, 2.24) is 14.7 Å². The summed E-state index contributed by atoms with van der Waals surface area (Å²) < 4.78 is 1.41. The highest BCUT2D eigenvalue weighted by atomic mass is 32.1. The lowest BCUT2D eigenvalue weighted by Crippen LogP contribution is -2.30. The number of benzene rings is 1. The molecule has 0 unspecified atom stereocenters. The molecular formula is C15H13N3O2S. The first-order valence-electron chi connectivity index (χ1n) is 6.45. The number of hydrogen-bond acceptors (Lipinski definition) is 4. The van der Waals surface area contributed by atoms with Crippen molar-refractivity contribution in [2.75, 3.05) is 0 Å². The van der Waals surface area contributed by atoms with Gasteiger partial charge >= 0.3 is 0 Å². The predicted molar refractivity (Wildman–Crippen MR) is 81.7 cm³/mol. The molecule has 2 heterocycles.